The standard InChI is InChI=1S/C17H19N5O2/c1-17(2)13-6-4-3-5-11(13)12-8-7-10(9-14(12)17)22(15(23)20-18)16(24)21-19/h3-9H,18-19H2,1-2H3,(H,20,23)(H,21,24). The van der Waals surface area contributed by atoms with Gasteiger partial charge in [0.2, 0.25) is 0 Å². The lowest BCUT2D eigenvalue weighted by molar-refractivity contribution is 0.234. The van der Waals surface area contributed by atoms with Crippen molar-refractivity contribution >= 4 is 17.7 Å². The van der Waals surface area contributed by atoms with Gasteiger partial charge in [0.15, 0.2) is 0 Å². The number of nitrogens with two attached hydrogens (primary N) is 2. The summed E-state index contributed by atoms with van der Waals surface area (Å²) in [5.74, 6) is 10.4. The van der Waals surface area contributed by atoms with Crippen LogP contribution in [0, 0.1) is 0 Å². The molecule has 2 aromatic carbocycles. The third-order valence-electron chi connectivity index (χ3n) is 4.48. The van der Waals surface area contributed by atoms with Crippen LogP contribution in [0.5, 0.6) is 0 Å². The van der Waals surface area contributed by atoms with E-state index in [4.69, 9.17) is 11.7 Å². The molecule has 0 bridgehead atoms. The second kappa shape index (κ2) is 5.63. The summed E-state index contributed by atoms with van der Waals surface area (Å²) in [5, 5.41) is 0. The van der Waals surface area contributed by atoms with E-state index in [9.17, 15) is 9.59 Å². The summed E-state index contributed by atoms with van der Waals surface area (Å²) < 4.78 is 0. The number of rotatable bonds is 1. The lowest BCUT2D eigenvalue weighted by Crippen LogP contribution is -2.52. The Morgan fingerprint density at radius 1 is 0.917 bits per heavy atom. The molecule has 7 heteroatoms. The highest BCUT2D eigenvalue weighted by atomic mass is 16.2. The number of nitrogens with zero attached hydrogens (tertiary/aromatic N) is 1. The summed E-state index contributed by atoms with van der Waals surface area (Å²) in [4.78, 5) is 24.8. The second-order valence-electron chi connectivity index (χ2n) is 6.13. The quantitative estimate of drug-likeness (QED) is 0.364. The molecule has 0 radical (unpaired) electrons. The lowest BCUT2D eigenvalue weighted by atomic mass is 9.82. The number of amides is 4. The van der Waals surface area contributed by atoms with E-state index in [1.165, 1.54) is 5.56 Å². The molecular weight excluding hydrogens is 306 g/mol. The van der Waals surface area contributed by atoms with Crippen molar-refractivity contribution in [1.29, 1.82) is 0 Å². The number of fused-ring (bicyclic) bond motifs is 3. The van der Waals surface area contributed by atoms with E-state index in [2.05, 4.69) is 26.0 Å². The zero-order valence-electron chi connectivity index (χ0n) is 13.5. The first-order valence-corrected chi connectivity index (χ1v) is 7.47. The Labute approximate surface area is 139 Å². The first kappa shape index (κ1) is 16.0. The van der Waals surface area contributed by atoms with Gasteiger partial charge in [0.05, 0.1) is 5.69 Å². The van der Waals surface area contributed by atoms with Crippen molar-refractivity contribution in [2.24, 2.45) is 11.7 Å². The first-order valence-electron chi connectivity index (χ1n) is 7.47. The van der Waals surface area contributed by atoms with Crippen LogP contribution < -0.4 is 27.4 Å². The summed E-state index contributed by atoms with van der Waals surface area (Å²) in [6.07, 6.45) is 0. The number of benzene rings is 2. The smallest absolute Gasteiger partial charge is 0.275 e. The Morgan fingerprint density at radius 3 is 2.12 bits per heavy atom. The van der Waals surface area contributed by atoms with E-state index in [1.807, 2.05) is 35.1 Å². The summed E-state index contributed by atoms with van der Waals surface area (Å²) >= 11 is 0. The van der Waals surface area contributed by atoms with E-state index in [0.29, 0.717) is 5.69 Å². The average Bonchev–Trinajstić information content (AvgIpc) is 2.83. The van der Waals surface area contributed by atoms with Gasteiger partial charge in [0.1, 0.15) is 0 Å². The van der Waals surface area contributed by atoms with Crippen LogP contribution in [0.25, 0.3) is 11.1 Å². The molecule has 0 saturated carbocycles. The molecule has 1 aliphatic rings. The minimum Gasteiger partial charge on any atom is -0.275 e. The van der Waals surface area contributed by atoms with Crippen molar-refractivity contribution in [3.05, 3.63) is 53.6 Å². The molecular formula is C17H19N5O2. The van der Waals surface area contributed by atoms with Crippen LogP contribution in [0.2, 0.25) is 0 Å². The van der Waals surface area contributed by atoms with E-state index in [1.54, 1.807) is 6.07 Å². The van der Waals surface area contributed by atoms with Crippen LogP contribution in [0.15, 0.2) is 42.5 Å². The molecule has 0 aromatic heterocycles. The maximum Gasteiger partial charge on any atom is 0.344 e. The number of urea groups is 2. The van der Waals surface area contributed by atoms with E-state index in [0.717, 1.165) is 21.6 Å². The largest absolute Gasteiger partial charge is 0.344 e. The van der Waals surface area contributed by atoms with E-state index < -0.39 is 12.1 Å². The fraction of sp³-hybridized carbons (Fsp3) is 0.176. The molecule has 0 aliphatic heterocycles. The molecule has 4 amide bonds. The Balaban J connectivity index is 2.15. The van der Waals surface area contributed by atoms with E-state index >= 15 is 0 Å². The minimum atomic E-state index is -0.772. The molecule has 24 heavy (non-hydrogen) atoms. The molecule has 0 unspecified atom stereocenters. The highest BCUT2D eigenvalue weighted by Crippen LogP contribution is 2.49. The summed E-state index contributed by atoms with van der Waals surface area (Å²) in [6, 6.07) is 12.0. The van der Waals surface area contributed by atoms with Crippen LogP contribution in [-0.2, 0) is 5.41 Å². The fourth-order valence-electron chi connectivity index (χ4n) is 3.29. The Hall–Kier alpha value is -2.90. The maximum atomic E-state index is 12.0. The lowest BCUT2D eigenvalue weighted by Gasteiger charge is -2.24. The van der Waals surface area contributed by atoms with Crippen LogP contribution >= 0.6 is 0 Å². The van der Waals surface area contributed by atoms with Gasteiger partial charge in [-0.05, 0) is 34.4 Å². The van der Waals surface area contributed by atoms with Crippen LogP contribution in [0.1, 0.15) is 25.0 Å². The van der Waals surface area contributed by atoms with Crippen molar-refractivity contribution in [3.63, 3.8) is 0 Å². The SMILES string of the molecule is CC1(C)c2ccccc2-c2ccc(N(C(=O)NN)C(=O)NN)cc21. The number of carbonyl (C=O) groups is 2. The number of anilines is 1. The highest BCUT2D eigenvalue weighted by molar-refractivity contribution is 6.13. The number of hydrogen-bond acceptors (Lipinski definition) is 4. The molecule has 2 aromatic rings. The van der Waals surface area contributed by atoms with Gasteiger partial charge in [-0.3, -0.25) is 10.9 Å². The van der Waals surface area contributed by atoms with Crippen molar-refractivity contribution in [3.8, 4) is 11.1 Å². The van der Waals surface area contributed by atoms with Gasteiger partial charge in [-0.2, -0.15) is 0 Å². The first-order chi connectivity index (χ1) is 11.4. The Bertz CT molecular complexity index is 815. The normalized spacial score (nSPS) is 13.7. The van der Waals surface area contributed by atoms with Gasteiger partial charge < -0.3 is 0 Å². The summed E-state index contributed by atoms with van der Waals surface area (Å²) in [6.45, 7) is 4.22. The van der Waals surface area contributed by atoms with Crippen molar-refractivity contribution < 1.29 is 9.59 Å². The molecule has 0 heterocycles. The van der Waals surface area contributed by atoms with Gasteiger partial charge in [0.25, 0.3) is 0 Å². The minimum absolute atomic E-state index is 0.244. The fourth-order valence-corrected chi connectivity index (χ4v) is 3.29. The molecule has 6 N–H and O–H groups in total. The van der Waals surface area contributed by atoms with Crippen molar-refractivity contribution in [1.82, 2.24) is 10.9 Å². The maximum absolute atomic E-state index is 12.0. The molecule has 0 fully saturated rings. The van der Waals surface area contributed by atoms with Crippen molar-refractivity contribution in [2.45, 2.75) is 19.3 Å². The number of imide groups is 1. The van der Waals surface area contributed by atoms with Gasteiger partial charge in [-0.1, -0.05) is 44.2 Å². The van der Waals surface area contributed by atoms with Crippen molar-refractivity contribution in [2.75, 3.05) is 4.90 Å². The molecule has 3 rings (SSSR count). The average molecular weight is 325 g/mol. The van der Waals surface area contributed by atoms with Gasteiger partial charge in [0, 0.05) is 5.41 Å². The van der Waals surface area contributed by atoms with E-state index in [-0.39, 0.29) is 5.41 Å². The number of hydrazine groups is 2. The zero-order chi connectivity index (χ0) is 17.5. The summed E-state index contributed by atoms with van der Waals surface area (Å²) in [7, 11) is 0. The number of nitrogens with one attached hydrogen (secondary N) is 2. The highest BCUT2D eigenvalue weighted by Gasteiger charge is 2.36. The van der Waals surface area contributed by atoms with Gasteiger partial charge in [-0.25, -0.2) is 26.2 Å². The summed E-state index contributed by atoms with van der Waals surface area (Å²) in [5.41, 5.74) is 8.53. The predicted octanol–water partition coefficient (Wildman–Crippen LogP) is 1.97. The van der Waals surface area contributed by atoms with Crippen LogP contribution in [0.3, 0.4) is 0 Å². The molecule has 0 atom stereocenters. The topological polar surface area (TPSA) is 113 Å². The monoisotopic (exact) mass is 325 g/mol. The molecule has 0 saturated heterocycles. The Kier molecular flexibility index (Phi) is 3.75. The van der Waals surface area contributed by atoms with Crippen LogP contribution in [0.4, 0.5) is 15.3 Å². The zero-order valence-corrected chi connectivity index (χ0v) is 13.5. The second-order valence-corrected chi connectivity index (χ2v) is 6.13. The number of carbonyl (C=O) groups excluding carboxylic acids is 2. The molecule has 7 nitrogen and oxygen atoms in total. The molecule has 0 spiro atoms. The third-order valence-corrected chi connectivity index (χ3v) is 4.48. The van der Waals surface area contributed by atoms with Gasteiger partial charge >= 0.3 is 12.1 Å². The number of hydrogen-bond donors (Lipinski definition) is 4. The van der Waals surface area contributed by atoms with Gasteiger partial charge in [-0.15, -0.1) is 0 Å². The van der Waals surface area contributed by atoms with Crippen LogP contribution in [-0.4, -0.2) is 12.1 Å². The predicted molar refractivity (Wildman–Crippen MR) is 91.9 cm³/mol. The molecule has 124 valence electrons. The Morgan fingerprint density at radius 2 is 1.50 bits per heavy atom. The third kappa shape index (κ3) is 2.22. The molecule has 1 aliphatic carbocycles.